The molecule has 0 aromatic heterocycles. The van der Waals surface area contributed by atoms with Crippen LogP contribution >= 0.6 is 0 Å². The van der Waals surface area contributed by atoms with Crippen molar-refractivity contribution in [2.45, 2.75) is 33.6 Å². The Morgan fingerprint density at radius 1 is 1.13 bits per heavy atom. The van der Waals surface area contributed by atoms with Crippen LogP contribution in [0, 0.1) is 16.7 Å². The second-order valence-corrected chi connectivity index (χ2v) is 7.40. The predicted molar refractivity (Wildman–Crippen MR) is 95.8 cm³/mol. The second-order valence-electron chi connectivity index (χ2n) is 7.40. The van der Waals surface area contributed by atoms with Gasteiger partial charge in [0.1, 0.15) is 0 Å². The van der Waals surface area contributed by atoms with Gasteiger partial charge in [-0.1, -0.05) is 32.8 Å². The van der Waals surface area contributed by atoms with Crippen LogP contribution < -0.4 is 0 Å². The average Bonchev–Trinajstić information content (AvgIpc) is 3.23. The predicted octanol–water partition coefficient (Wildman–Crippen LogP) is 6.20. The fourth-order valence-corrected chi connectivity index (χ4v) is 4.29. The molecule has 0 radical (unpaired) electrons. The molecule has 0 spiro atoms. The van der Waals surface area contributed by atoms with Gasteiger partial charge in [0.2, 0.25) is 0 Å². The Labute approximate surface area is 151 Å². The van der Waals surface area contributed by atoms with E-state index in [1.807, 2.05) is 30.3 Å². The van der Waals surface area contributed by atoms with Crippen molar-refractivity contribution in [3.8, 4) is 0 Å². The van der Waals surface area contributed by atoms with Gasteiger partial charge >= 0.3 is 17.1 Å². The van der Waals surface area contributed by atoms with Crippen molar-refractivity contribution in [1.29, 1.82) is 0 Å². The van der Waals surface area contributed by atoms with Gasteiger partial charge in [-0.3, -0.25) is 0 Å². The van der Waals surface area contributed by atoms with Gasteiger partial charge in [-0.15, -0.1) is 35.9 Å². The van der Waals surface area contributed by atoms with Crippen molar-refractivity contribution in [3.63, 3.8) is 0 Å². The van der Waals surface area contributed by atoms with E-state index >= 15 is 0 Å². The quantitative estimate of drug-likeness (QED) is 0.426. The monoisotopic (exact) mass is 346 g/mol. The standard InChI is InChI=1S/C17H21.C5H5.Fe/c1-12-14(11-13-7-5-6-8-13)15-9-10-17(12,4)16(15,2)3;1-2-4-5-3-1;/h5-8,11,15H,1,9-10H2,2-4H3;1-5H;/q2*-1;+2/b14-11-;;. The molecule has 1 heteroatoms. The first-order valence-corrected chi connectivity index (χ1v) is 8.26. The third kappa shape index (κ3) is 2.93. The smallest absolute Gasteiger partial charge is 0.214 e. The van der Waals surface area contributed by atoms with Crippen molar-refractivity contribution >= 4 is 6.08 Å². The fourth-order valence-electron chi connectivity index (χ4n) is 4.29. The minimum atomic E-state index is 0. The molecule has 2 aliphatic carbocycles. The molecule has 0 nitrogen and oxygen atoms in total. The summed E-state index contributed by atoms with van der Waals surface area (Å²) in [5.41, 5.74) is 4.92. The Bertz CT molecular complexity index is 638. The van der Waals surface area contributed by atoms with Crippen molar-refractivity contribution < 1.29 is 17.1 Å². The van der Waals surface area contributed by atoms with Gasteiger partial charge in [0.15, 0.2) is 0 Å². The minimum absolute atomic E-state index is 0. The maximum Gasteiger partial charge on any atom is 2.00 e. The number of hydrogen-bond donors (Lipinski definition) is 0. The third-order valence-electron chi connectivity index (χ3n) is 6.18. The molecule has 0 N–H and O–H groups in total. The van der Waals surface area contributed by atoms with E-state index in [1.54, 1.807) is 0 Å². The Balaban J connectivity index is 0.000000276. The van der Waals surface area contributed by atoms with Crippen molar-refractivity contribution in [2.75, 3.05) is 0 Å². The first-order valence-electron chi connectivity index (χ1n) is 8.26. The SMILES string of the molecule is C=C1/C(=C/[c-]2cccc2)C2CCC1(C)C2(C)C.[Fe+2].c1cc[cH-]c1. The summed E-state index contributed by atoms with van der Waals surface area (Å²) in [6, 6.07) is 18.6. The molecule has 2 unspecified atom stereocenters. The Kier molecular flexibility index (Phi) is 5.23. The maximum atomic E-state index is 4.40. The molecule has 122 valence electrons. The van der Waals surface area contributed by atoms with Crippen LogP contribution in [-0.4, -0.2) is 0 Å². The molecule has 0 amide bonds. The summed E-state index contributed by atoms with van der Waals surface area (Å²) in [6.45, 7) is 11.6. The summed E-state index contributed by atoms with van der Waals surface area (Å²) in [5.74, 6) is 0.704. The van der Waals surface area contributed by atoms with Crippen molar-refractivity contribution in [1.82, 2.24) is 0 Å². The first-order chi connectivity index (χ1) is 10.5. The van der Waals surface area contributed by atoms with E-state index in [0.717, 1.165) is 0 Å². The first kappa shape index (κ1) is 18.0. The maximum absolute atomic E-state index is 4.40. The van der Waals surface area contributed by atoms with Gasteiger partial charge in [0.05, 0.1) is 0 Å². The molecule has 0 saturated heterocycles. The molecular weight excluding hydrogens is 320 g/mol. The van der Waals surface area contributed by atoms with Gasteiger partial charge in [0, 0.05) is 0 Å². The molecule has 0 heterocycles. The van der Waals surface area contributed by atoms with E-state index in [9.17, 15) is 0 Å². The van der Waals surface area contributed by atoms with Crippen molar-refractivity contribution in [3.05, 3.63) is 77.9 Å². The molecule has 23 heavy (non-hydrogen) atoms. The zero-order chi connectivity index (χ0) is 15.8. The molecule has 4 rings (SSSR count). The molecule has 2 atom stereocenters. The van der Waals surface area contributed by atoms with Crippen LogP contribution in [0.5, 0.6) is 0 Å². The topological polar surface area (TPSA) is 0 Å². The summed E-state index contributed by atoms with van der Waals surface area (Å²) in [5, 5.41) is 0. The molecular formula is C22H26Fe. The normalized spacial score (nSPS) is 29.1. The largest absolute Gasteiger partial charge is 2.00 e. The zero-order valence-corrected chi connectivity index (χ0v) is 15.4. The number of rotatable bonds is 1. The molecule has 2 fully saturated rings. The summed E-state index contributed by atoms with van der Waals surface area (Å²) in [6.07, 6.45) is 5.00. The molecule has 2 saturated carbocycles. The Morgan fingerprint density at radius 2 is 1.74 bits per heavy atom. The zero-order valence-electron chi connectivity index (χ0n) is 14.3. The van der Waals surface area contributed by atoms with Crippen LogP contribution in [0.25, 0.3) is 6.08 Å². The van der Waals surface area contributed by atoms with Crippen LogP contribution in [0.2, 0.25) is 0 Å². The Hall–Kier alpha value is -1.30. The van der Waals surface area contributed by atoms with Crippen LogP contribution in [0.1, 0.15) is 39.2 Å². The number of allylic oxidation sites excluding steroid dienone is 2. The summed E-state index contributed by atoms with van der Waals surface area (Å²) >= 11 is 0. The molecule has 2 aromatic rings. The summed E-state index contributed by atoms with van der Waals surface area (Å²) in [7, 11) is 0. The van der Waals surface area contributed by atoms with E-state index in [-0.39, 0.29) is 17.1 Å². The summed E-state index contributed by atoms with van der Waals surface area (Å²) in [4.78, 5) is 0. The van der Waals surface area contributed by atoms with Crippen LogP contribution in [0.4, 0.5) is 0 Å². The summed E-state index contributed by atoms with van der Waals surface area (Å²) < 4.78 is 0. The van der Waals surface area contributed by atoms with Crippen molar-refractivity contribution in [2.24, 2.45) is 16.7 Å². The number of hydrogen-bond acceptors (Lipinski definition) is 0. The van der Waals surface area contributed by atoms with E-state index < -0.39 is 0 Å². The molecule has 0 aliphatic heterocycles. The van der Waals surface area contributed by atoms with Gasteiger partial charge in [0.25, 0.3) is 0 Å². The van der Waals surface area contributed by atoms with E-state index in [0.29, 0.717) is 16.7 Å². The van der Waals surface area contributed by atoms with Gasteiger partial charge < -0.3 is 0 Å². The third-order valence-corrected chi connectivity index (χ3v) is 6.18. The van der Waals surface area contributed by atoms with Crippen LogP contribution in [0.3, 0.4) is 0 Å². The van der Waals surface area contributed by atoms with Crippen LogP contribution in [0.15, 0.2) is 72.3 Å². The molecule has 2 aliphatic rings. The van der Waals surface area contributed by atoms with Gasteiger partial charge in [-0.2, -0.15) is 30.3 Å². The van der Waals surface area contributed by atoms with E-state index in [4.69, 9.17) is 0 Å². The van der Waals surface area contributed by atoms with Gasteiger partial charge in [-0.05, 0) is 23.2 Å². The number of fused-ring (bicyclic) bond motifs is 2. The van der Waals surface area contributed by atoms with E-state index in [2.05, 4.69) is 57.7 Å². The molecule has 2 bridgehead atoms. The van der Waals surface area contributed by atoms with Gasteiger partial charge in [-0.25, -0.2) is 12.1 Å². The van der Waals surface area contributed by atoms with E-state index in [1.165, 1.54) is 29.6 Å². The van der Waals surface area contributed by atoms with Crippen LogP contribution in [-0.2, 0) is 17.1 Å². The fraction of sp³-hybridized carbons (Fsp3) is 0.364. The Morgan fingerprint density at radius 3 is 2.17 bits per heavy atom. The minimum Gasteiger partial charge on any atom is -0.214 e. The average molecular weight is 346 g/mol. The molecule has 2 aromatic carbocycles. The second kappa shape index (κ2) is 6.67.